The van der Waals surface area contributed by atoms with Crippen molar-refractivity contribution >= 4 is 17.3 Å². The van der Waals surface area contributed by atoms with Gasteiger partial charge >= 0.3 is 0 Å². The Morgan fingerprint density at radius 2 is 1.97 bits per heavy atom. The van der Waals surface area contributed by atoms with Gasteiger partial charge in [-0.25, -0.2) is 4.39 Å². The Hall–Kier alpha value is -2.80. The van der Waals surface area contributed by atoms with Crippen molar-refractivity contribution in [2.75, 3.05) is 63.7 Å². The molecule has 0 saturated carbocycles. The maximum absolute atomic E-state index is 13.4. The van der Waals surface area contributed by atoms with Crippen molar-refractivity contribution < 1.29 is 13.9 Å². The Morgan fingerprint density at radius 3 is 2.68 bits per heavy atom. The molecule has 31 heavy (non-hydrogen) atoms. The molecule has 2 atom stereocenters. The quantitative estimate of drug-likeness (QED) is 0.769. The van der Waals surface area contributed by atoms with Crippen LogP contribution >= 0.6 is 0 Å². The van der Waals surface area contributed by atoms with E-state index in [2.05, 4.69) is 32.1 Å². The zero-order chi connectivity index (χ0) is 22.0. The summed E-state index contributed by atoms with van der Waals surface area (Å²) in [6, 6.07) is 12.8. The van der Waals surface area contributed by atoms with Crippen LogP contribution in [-0.4, -0.2) is 70.8 Å². The summed E-state index contributed by atoms with van der Waals surface area (Å²) in [5.74, 6) is 0.539. The fourth-order valence-corrected chi connectivity index (χ4v) is 4.62. The maximum atomic E-state index is 13.4. The van der Waals surface area contributed by atoms with Gasteiger partial charge in [-0.1, -0.05) is 6.07 Å². The molecule has 2 heterocycles. The third-order valence-corrected chi connectivity index (χ3v) is 6.31. The maximum Gasteiger partial charge on any atom is 0.225 e. The number of rotatable bonds is 6. The zero-order valence-electron chi connectivity index (χ0n) is 18.5. The number of amides is 1. The Labute approximate surface area is 183 Å². The Balaban J connectivity index is 1.60. The van der Waals surface area contributed by atoms with E-state index in [-0.39, 0.29) is 23.7 Å². The molecular formula is C24H31FN4O2. The molecule has 1 fully saturated rings. The fourth-order valence-electron chi connectivity index (χ4n) is 4.62. The lowest BCUT2D eigenvalue weighted by molar-refractivity contribution is -0.125. The SMILES string of the molecule is COc1ccc2c(c1)N1CCN(c3ccc(F)cc3)C[C@@H]1[C@@H](C(=O)NCCN(C)C)C2. The van der Waals surface area contributed by atoms with Crippen LogP contribution in [0, 0.1) is 11.7 Å². The largest absolute Gasteiger partial charge is 0.497 e. The van der Waals surface area contributed by atoms with E-state index in [1.54, 1.807) is 7.11 Å². The van der Waals surface area contributed by atoms with Crippen LogP contribution in [0.3, 0.4) is 0 Å². The summed E-state index contributed by atoms with van der Waals surface area (Å²) in [7, 11) is 5.68. The molecular weight excluding hydrogens is 395 g/mol. The summed E-state index contributed by atoms with van der Waals surface area (Å²) < 4.78 is 18.9. The lowest BCUT2D eigenvalue weighted by Crippen LogP contribution is -2.61. The number of likely N-dealkylation sites (N-methyl/N-ethyl adjacent to an activating group) is 1. The molecule has 2 aromatic carbocycles. The average Bonchev–Trinajstić information content (AvgIpc) is 2.78. The number of halogens is 1. The molecule has 7 heteroatoms. The first kappa shape index (κ1) is 21.4. The van der Waals surface area contributed by atoms with Crippen LogP contribution in [0.25, 0.3) is 0 Å². The van der Waals surface area contributed by atoms with Crippen molar-refractivity contribution in [3.63, 3.8) is 0 Å². The first-order valence-corrected chi connectivity index (χ1v) is 10.8. The van der Waals surface area contributed by atoms with Crippen molar-refractivity contribution in [3.8, 4) is 5.75 Å². The van der Waals surface area contributed by atoms with Gasteiger partial charge in [0.1, 0.15) is 11.6 Å². The number of nitrogens with zero attached hydrogens (tertiary/aromatic N) is 3. The van der Waals surface area contributed by atoms with E-state index in [1.165, 1.54) is 17.7 Å². The lowest BCUT2D eigenvalue weighted by Gasteiger charge is -2.49. The second-order valence-corrected chi connectivity index (χ2v) is 8.58. The number of piperazine rings is 1. The Morgan fingerprint density at radius 1 is 1.19 bits per heavy atom. The topological polar surface area (TPSA) is 48.1 Å². The molecule has 1 amide bonds. The summed E-state index contributed by atoms with van der Waals surface area (Å²) in [5.41, 5.74) is 3.32. The highest BCUT2D eigenvalue weighted by atomic mass is 19.1. The van der Waals surface area contributed by atoms with E-state index in [4.69, 9.17) is 4.74 Å². The number of ether oxygens (including phenoxy) is 1. The number of fused-ring (bicyclic) bond motifs is 3. The van der Waals surface area contributed by atoms with Crippen LogP contribution in [0.1, 0.15) is 5.56 Å². The fraction of sp³-hybridized carbons (Fsp3) is 0.458. The molecule has 0 aliphatic carbocycles. The van der Waals surface area contributed by atoms with E-state index >= 15 is 0 Å². The van der Waals surface area contributed by atoms with Crippen LogP contribution in [-0.2, 0) is 11.2 Å². The van der Waals surface area contributed by atoms with Gasteiger partial charge in [0.2, 0.25) is 5.91 Å². The normalized spacial score (nSPS) is 20.3. The first-order chi connectivity index (χ1) is 15.0. The summed E-state index contributed by atoms with van der Waals surface area (Å²) in [5, 5.41) is 3.13. The number of nitrogens with one attached hydrogen (secondary N) is 1. The standard InChI is InChI=1S/C24H31FN4O2/c1-27(2)11-10-26-24(30)21-14-17-4-9-20(31-3)15-22(17)29-13-12-28(16-23(21)29)19-7-5-18(25)6-8-19/h4-9,15,21,23H,10-14,16H2,1-3H3,(H,26,30)/t21-,23+/m0/s1. The number of methoxy groups -OCH3 is 1. The number of carbonyl (C=O) groups excluding carboxylic acids is 1. The number of hydrogen-bond donors (Lipinski definition) is 1. The van der Waals surface area contributed by atoms with Crippen molar-refractivity contribution in [2.45, 2.75) is 12.5 Å². The van der Waals surface area contributed by atoms with Crippen LogP contribution < -0.4 is 19.9 Å². The molecule has 6 nitrogen and oxygen atoms in total. The highest BCUT2D eigenvalue weighted by molar-refractivity contribution is 5.82. The van der Waals surface area contributed by atoms with Gasteiger partial charge in [-0.15, -0.1) is 0 Å². The molecule has 0 radical (unpaired) electrons. The Kier molecular flexibility index (Phi) is 6.32. The van der Waals surface area contributed by atoms with Crippen LogP contribution in [0.2, 0.25) is 0 Å². The number of anilines is 2. The van der Waals surface area contributed by atoms with Gasteiger partial charge in [-0.05, 0) is 56.4 Å². The minimum absolute atomic E-state index is 0.0396. The smallest absolute Gasteiger partial charge is 0.225 e. The number of hydrogen-bond acceptors (Lipinski definition) is 5. The summed E-state index contributed by atoms with van der Waals surface area (Å²) >= 11 is 0. The van der Waals surface area contributed by atoms with Gasteiger partial charge in [0.05, 0.1) is 19.1 Å². The van der Waals surface area contributed by atoms with E-state index < -0.39 is 0 Å². The predicted molar refractivity (Wildman–Crippen MR) is 121 cm³/mol. The Bertz CT molecular complexity index is 918. The summed E-state index contributed by atoms with van der Waals surface area (Å²) in [6.45, 7) is 3.76. The molecule has 4 rings (SSSR count). The van der Waals surface area contributed by atoms with Gasteiger partial charge in [0.15, 0.2) is 0 Å². The number of carbonyl (C=O) groups is 1. The van der Waals surface area contributed by atoms with E-state index in [0.717, 1.165) is 36.8 Å². The third-order valence-electron chi connectivity index (χ3n) is 6.31. The highest BCUT2D eigenvalue weighted by Crippen LogP contribution is 2.38. The second kappa shape index (κ2) is 9.14. The van der Waals surface area contributed by atoms with Crippen molar-refractivity contribution in [1.82, 2.24) is 10.2 Å². The minimum Gasteiger partial charge on any atom is -0.497 e. The molecule has 2 aromatic rings. The molecule has 0 aromatic heterocycles. The van der Waals surface area contributed by atoms with Crippen LogP contribution in [0.5, 0.6) is 5.75 Å². The molecule has 166 valence electrons. The monoisotopic (exact) mass is 426 g/mol. The van der Waals surface area contributed by atoms with Gasteiger partial charge < -0.3 is 24.8 Å². The van der Waals surface area contributed by atoms with Crippen molar-refractivity contribution in [3.05, 3.63) is 53.8 Å². The van der Waals surface area contributed by atoms with Crippen molar-refractivity contribution in [2.24, 2.45) is 5.92 Å². The average molecular weight is 427 g/mol. The van der Waals surface area contributed by atoms with Gasteiger partial charge in [0.25, 0.3) is 0 Å². The molecule has 0 unspecified atom stereocenters. The van der Waals surface area contributed by atoms with Gasteiger partial charge in [-0.2, -0.15) is 0 Å². The molecule has 2 aliphatic rings. The molecule has 2 aliphatic heterocycles. The van der Waals surface area contributed by atoms with E-state index in [0.29, 0.717) is 19.5 Å². The van der Waals surface area contributed by atoms with Gasteiger partial charge in [0, 0.05) is 50.2 Å². The molecule has 1 N–H and O–H groups in total. The van der Waals surface area contributed by atoms with Crippen LogP contribution in [0.4, 0.5) is 15.8 Å². The summed E-state index contributed by atoms with van der Waals surface area (Å²) in [6.07, 6.45) is 0.700. The predicted octanol–water partition coefficient (Wildman–Crippen LogP) is 2.38. The molecule has 0 bridgehead atoms. The first-order valence-electron chi connectivity index (χ1n) is 10.8. The summed E-state index contributed by atoms with van der Waals surface area (Å²) in [4.78, 5) is 19.9. The second-order valence-electron chi connectivity index (χ2n) is 8.58. The third kappa shape index (κ3) is 4.61. The van der Waals surface area contributed by atoms with Gasteiger partial charge in [-0.3, -0.25) is 4.79 Å². The van der Waals surface area contributed by atoms with E-state index in [9.17, 15) is 9.18 Å². The molecule has 0 spiro atoms. The number of benzene rings is 2. The zero-order valence-corrected chi connectivity index (χ0v) is 18.5. The lowest BCUT2D eigenvalue weighted by atomic mass is 9.83. The minimum atomic E-state index is -0.237. The highest BCUT2D eigenvalue weighted by Gasteiger charge is 2.41. The van der Waals surface area contributed by atoms with Crippen LogP contribution in [0.15, 0.2) is 42.5 Å². The van der Waals surface area contributed by atoms with Crippen molar-refractivity contribution in [1.29, 1.82) is 0 Å². The molecule has 1 saturated heterocycles. The van der Waals surface area contributed by atoms with E-state index in [1.807, 2.05) is 32.3 Å².